The average molecular weight is 215 g/mol. The van der Waals surface area contributed by atoms with E-state index in [0.717, 1.165) is 17.0 Å². The Morgan fingerprint density at radius 2 is 1.88 bits per heavy atom. The van der Waals surface area contributed by atoms with Crippen molar-refractivity contribution in [3.8, 4) is 11.3 Å². The largest absolute Gasteiger partial charge is 0.481 e. The Morgan fingerprint density at radius 1 is 1.19 bits per heavy atom. The number of aryl methyl sites for hydroxylation is 1. The van der Waals surface area contributed by atoms with E-state index in [1.807, 2.05) is 43.3 Å². The number of H-pyrrole nitrogens is 1. The second-order valence-corrected chi connectivity index (χ2v) is 3.83. The fourth-order valence-corrected chi connectivity index (χ4v) is 1.61. The van der Waals surface area contributed by atoms with Crippen LogP contribution in [0.3, 0.4) is 0 Å². The number of carboxylic acid groups (broad SMARTS) is 1. The van der Waals surface area contributed by atoms with Gasteiger partial charge in [0.1, 0.15) is 0 Å². The topological polar surface area (TPSA) is 53.1 Å². The monoisotopic (exact) mass is 215 g/mol. The van der Waals surface area contributed by atoms with Crippen molar-refractivity contribution >= 4 is 5.97 Å². The van der Waals surface area contributed by atoms with Crippen LogP contribution in [-0.4, -0.2) is 16.1 Å². The number of carbonyl (C=O) groups is 1. The van der Waals surface area contributed by atoms with Crippen LogP contribution in [0.1, 0.15) is 11.3 Å². The quantitative estimate of drug-likeness (QED) is 0.826. The van der Waals surface area contributed by atoms with Crippen LogP contribution in [0.15, 0.2) is 36.4 Å². The number of benzene rings is 1. The van der Waals surface area contributed by atoms with Gasteiger partial charge in [-0.05, 0) is 24.6 Å². The second kappa shape index (κ2) is 4.23. The van der Waals surface area contributed by atoms with Gasteiger partial charge < -0.3 is 10.1 Å². The van der Waals surface area contributed by atoms with E-state index in [0.29, 0.717) is 0 Å². The molecule has 1 aromatic carbocycles. The summed E-state index contributed by atoms with van der Waals surface area (Å²) < 4.78 is 0. The molecule has 0 amide bonds. The number of hydrogen-bond donors (Lipinski definition) is 2. The summed E-state index contributed by atoms with van der Waals surface area (Å²) in [5, 5.41) is 8.66. The van der Waals surface area contributed by atoms with Gasteiger partial charge >= 0.3 is 5.97 Å². The molecule has 0 unspecified atom stereocenters. The number of aromatic amines is 1. The molecular weight excluding hydrogens is 202 g/mol. The molecule has 3 heteroatoms. The molecule has 0 atom stereocenters. The summed E-state index contributed by atoms with van der Waals surface area (Å²) in [4.78, 5) is 13.6. The highest BCUT2D eigenvalue weighted by atomic mass is 16.4. The maximum absolute atomic E-state index is 10.5. The van der Waals surface area contributed by atoms with Gasteiger partial charge in [-0.1, -0.05) is 29.8 Å². The third-order valence-electron chi connectivity index (χ3n) is 2.45. The van der Waals surface area contributed by atoms with Gasteiger partial charge in [0.15, 0.2) is 0 Å². The van der Waals surface area contributed by atoms with E-state index in [4.69, 9.17) is 5.11 Å². The molecule has 3 nitrogen and oxygen atoms in total. The zero-order valence-corrected chi connectivity index (χ0v) is 9.03. The lowest BCUT2D eigenvalue weighted by Crippen LogP contribution is -1.99. The van der Waals surface area contributed by atoms with Crippen LogP contribution in [0.5, 0.6) is 0 Å². The number of nitrogens with one attached hydrogen (secondary N) is 1. The normalized spacial score (nSPS) is 10.3. The molecule has 0 aliphatic carbocycles. The maximum atomic E-state index is 10.5. The predicted octanol–water partition coefficient (Wildman–Crippen LogP) is 2.62. The standard InChI is InChI=1S/C13H13NO2/c1-9-2-4-10(5-3-9)12-7-6-11(14-12)8-13(15)16/h2-7,14H,8H2,1H3,(H,15,16). The summed E-state index contributed by atoms with van der Waals surface area (Å²) in [5.41, 5.74) is 3.96. The van der Waals surface area contributed by atoms with Gasteiger partial charge in [0.25, 0.3) is 0 Å². The lowest BCUT2D eigenvalue weighted by Gasteiger charge is -1.98. The van der Waals surface area contributed by atoms with Crippen LogP contribution < -0.4 is 0 Å². The van der Waals surface area contributed by atoms with Gasteiger partial charge in [-0.2, -0.15) is 0 Å². The number of rotatable bonds is 3. The van der Waals surface area contributed by atoms with Crippen LogP contribution in [0.2, 0.25) is 0 Å². The Bertz CT molecular complexity index is 497. The predicted molar refractivity (Wildman–Crippen MR) is 62.3 cm³/mol. The fourth-order valence-electron chi connectivity index (χ4n) is 1.61. The number of hydrogen-bond acceptors (Lipinski definition) is 1. The summed E-state index contributed by atoms with van der Waals surface area (Å²) in [6, 6.07) is 11.8. The molecule has 1 heterocycles. The van der Waals surface area contributed by atoms with Gasteiger partial charge in [-0.15, -0.1) is 0 Å². The summed E-state index contributed by atoms with van der Waals surface area (Å²) in [5.74, 6) is -0.822. The van der Waals surface area contributed by atoms with Crippen molar-refractivity contribution in [3.63, 3.8) is 0 Å². The van der Waals surface area contributed by atoms with E-state index in [1.165, 1.54) is 5.56 Å². The Hall–Kier alpha value is -2.03. The third kappa shape index (κ3) is 2.31. The molecule has 82 valence electrons. The molecule has 2 N–H and O–H groups in total. The van der Waals surface area contributed by atoms with Gasteiger partial charge in [-0.3, -0.25) is 4.79 Å². The summed E-state index contributed by atoms with van der Waals surface area (Å²) in [6.07, 6.45) is 0.0336. The molecule has 0 radical (unpaired) electrons. The van der Waals surface area contributed by atoms with Crippen molar-refractivity contribution in [1.82, 2.24) is 4.98 Å². The SMILES string of the molecule is Cc1ccc(-c2ccc(CC(=O)O)[nH]2)cc1. The van der Waals surface area contributed by atoms with Crippen LogP contribution >= 0.6 is 0 Å². The van der Waals surface area contributed by atoms with E-state index >= 15 is 0 Å². The highest BCUT2D eigenvalue weighted by Gasteiger charge is 2.04. The Kier molecular flexibility index (Phi) is 2.77. The van der Waals surface area contributed by atoms with Gasteiger partial charge in [0, 0.05) is 11.4 Å². The fraction of sp³-hybridized carbons (Fsp3) is 0.154. The average Bonchev–Trinajstić information content (AvgIpc) is 2.66. The zero-order valence-electron chi connectivity index (χ0n) is 9.03. The smallest absolute Gasteiger partial charge is 0.309 e. The summed E-state index contributed by atoms with van der Waals surface area (Å²) in [6.45, 7) is 2.04. The van der Waals surface area contributed by atoms with Crippen LogP contribution in [0.25, 0.3) is 11.3 Å². The van der Waals surface area contributed by atoms with Crippen LogP contribution in [0, 0.1) is 6.92 Å². The molecule has 0 saturated carbocycles. The number of aromatic nitrogens is 1. The van der Waals surface area contributed by atoms with Gasteiger partial charge in [-0.25, -0.2) is 0 Å². The van der Waals surface area contributed by atoms with E-state index in [2.05, 4.69) is 4.98 Å². The van der Waals surface area contributed by atoms with Crippen molar-refractivity contribution in [3.05, 3.63) is 47.7 Å². The first-order chi connectivity index (χ1) is 7.65. The van der Waals surface area contributed by atoms with E-state index in [1.54, 1.807) is 0 Å². The molecule has 0 fully saturated rings. The van der Waals surface area contributed by atoms with Crippen molar-refractivity contribution < 1.29 is 9.90 Å². The van der Waals surface area contributed by atoms with Gasteiger partial charge in [0.2, 0.25) is 0 Å². The molecule has 0 aliphatic rings. The summed E-state index contributed by atoms with van der Waals surface area (Å²) in [7, 11) is 0. The van der Waals surface area contributed by atoms with E-state index in [-0.39, 0.29) is 6.42 Å². The molecular formula is C13H13NO2. The number of carboxylic acids is 1. The number of aliphatic carboxylic acids is 1. The molecule has 1 aromatic heterocycles. The third-order valence-corrected chi connectivity index (χ3v) is 2.45. The second-order valence-electron chi connectivity index (χ2n) is 3.83. The Morgan fingerprint density at radius 3 is 2.50 bits per heavy atom. The molecule has 2 aromatic rings. The first-order valence-electron chi connectivity index (χ1n) is 5.12. The summed E-state index contributed by atoms with van der Waals surface area (Å²) >= 11 is 0. The van der Waals surface area contributed by atoms with Crippen molar-refractivity contribution in [2.24, 2.45) is 0 Å². The lowest BCUT2D eigenvalue weighted by molar-refractivity contribution is -0.136. The van der Waals surface area contributed by atoms with Crippen LogP contribution in [-0.2, 0) is 11.2 Å². The Balaban J connectivity index is 2.24. The highest BCUT2D eigenvalue weighted by Crippen LogP contribution is 2.19. The highest BCUT2D eigenvalue weighted by molar-refractivity contribution is 5.70. The molecule has 16 heavy (non-hydrogen) atoms. The molecule has 0 aliphatic heterocycles. The van der Waals surface area contributed by atoms with Gasteiger partial charge in [0.05, 0.1) is 6.42 Å². The van der Waals surface area contributed by atoms with Crippen LogP contribution in [0.4, 0.5) is 0 Å². The van der Waals surface area contributed by atoms with E-state index < -0.39 is 5.97 Å². The van der Waals surface area contributed by atoms with Crippen molar-refractivity contribution in [2.75, 3.05) is 0 Å². The first-order valence-corrected chi connectivity index (χ1v) is 5.12. The van der Waals surface area contributed by atoms with Crippen molar-refractivity contribution in [1.29, 1.82) is 0 Å². The lowest BCUT2D eigenvalue weighted by atomic mass is 10.1. The Labute approximate surface area is 93.7 Å². The minimum atomic E-state index is -0.822. The zero-order chi connectivity index (χ0) is 11.5. The molecule has 0 saturated heterocycles. The minimum Gasteiger partial charge on any atom is -0.481 e. The molecule has 0 spiro atoms. The molecule has 2 rings (SSSR count). The van der Waals surface area contributed by atoms with E-state index in [9.17, 15) is 4.79 Å². The van der Waals surface area contributed by atoms with Crippen molar-refractivity contribution in [2.45, 2.75) is 13.3 Å². The molecule has 0 bridgehead atoms. The maximum Gasteiger partial charge on any atom is 0.309 e. The first kappa shape index (κ1) is 10.5. The minimum absolute atomic E-state index is 0.0336.